The van der Waals surface area contributed by atoms with Crippen LogP contribution < -0.4 is 5.73 Å². The standard InChI is InChI=1S/C11H10N4S/c1-15-6-13-8-4-7(2-3-9(8)15)11-14-10(12)5-16-11/h2-6H,12H2,1H3. The summed E-state index contributed by atoms with van der Waals surface area (Å²) in [4.78, 5) is 8.58. The summed E-state index contributed by atoms with van der Waals surface area (Å²) in [7, 11) is 1.98. The van der Waals surface area contributed by atoms with Crippen molar-refractivity contribution in [1.29, 1.82) is 0 Å². The molecule has 0 bridgehead atoms. The van der Waals surface area contributed by atoms with Crippen LogP contribution in [-0.2, 0) is 7.05 Å². The first-order chi connectivity index (χ1) is 7.74. The maximum Gasteiger partial charge on any atom is 0.135 e. The Morgan fingerprint density at radius 3 is 3.00 bits per heavy atom. The van der Waals surface area contributed by atoms with E-state index in [0.29, 0.717) is 5.82 Å². The first kappa shape index (κ1) is 9.35. The van der Waals surface area contributed by atoms with E-state index in [1.165, 1.54) is 0 Å². The maximum atomic E-state index is 5.61. The highest BCUT2D eigenvalue weighted by molar-refractivity contribution is 7.13. The fourth-order valence-electron chi connectivity index (χ4n) is 1.69. The third kappa shape index (κ3) is 1.37. The molecule has 0 saturated heterocycles. The molecular formula is C11H10N4S. The van der Waals surface area contributed by atoms with Crippen molar-refractivity contribution in [3.63, 3.8) is 0 Å². The minimum atomic E-state index is 0.570. The number of fused-ring (bicyclic) bond motifs is 1. The van der Waals surface area contributed by atoms with Crippen molar-refractivity contribution in [2.45, 2.75) is 0 Å². The van der Waals surface area contributed by atoms with Crippen molar-refractivity contribution in [3.05, 3.63) is 29.9 Å². The number of nitrogens with two attached hydrogens (primary N) is 1. The number of imidazole rings is 1. The van der Waals surface area contributed by atoms with Crippen molar-refractivity contribution >= 4 is 28.2 Å². The molecule has 2 aromatic heterocycles. The third-order valence-corrected chi connectivity index (χ3v) is 3.40. The summed E-state index contributed by atoms with van der Waals surface area (Å²) in [6.45, 7) is 0. The second-order valence-electron chi connectivity index (χ2n) is 3.64. The molecule has 2 N–H and O–H groups in total. The van der Waals surface area contributed by atoms with E-state index >= 15 is 0 Å². The van der Waals surface area contributed by atoms with Gasteiger partial charge in [0.1, 0.15) is 10.8 Å². The summed E-state index contributed by atoms with van der Waals surface area (Å²) in [5, 5.41) is 2.78. The minimum Gasteiger partial charge on any atom is -0.383 e. The number of hydrogen-bond donors (Lipinski definition) is 1. The van der Waals surface area contributed by atoms with Gasteiger partial charge >= 0.3 is 0 Å². The SMILES string of the molecule is Cn1cnc2cc(-c3nc(N)cs3)ccc21. The first-order valence-corrected chi connectivity index (χ1v) is 5.74. The lowest BCUT2D eigenvalue weighted by Crippen LogP contribution is -1.85. The third-order valence-electron chi connectivity index (χ3n) is 2.49. The zero-order chi connectivity index (χ0) is 11.1. The number of rotatable bonds is 1. The molecule has 0 aliphatic rings. The summed E-state index contributed by atoms with van der Waals surface area (Å²) in [6.07, 6.45) is 1.81. The largest absolute Gasteiger partial charge is 0.383 e. The molecule has 4 nitrogen and oxygen atoms in total. The summed E-state index contributed by atoms with van der Waals surface area (Å²) in [5.41, 5.74) is 8.77. The van der Waals surface area contributed by atoms with Crippen LogP contribution in [0.15, 0.2) is 29.9 Å². The van der Waals surface area contributed by atoms with E-state index in [0.717, 1.165) is 21.6 Å². The average molecular weight is 230 g/mol. The van der Waals surface area contributed by atoms with Gasteiger partial charge in [-0.05, 0) is 18.2 Å². The number of nitrogens with zero attached hydrogens (tertiary/aromatic N) is 3. The minimum absolute atomic E-state index is 0.570. The van der Waals surface area contributed by atoms with Crippen LogP contribution >= 0.6 is 11.3 Å². The normalized spacial score (nSPS) is 11.1. The van der Waals surface area contributed by atoms with Crippen LogP contribution in [0.1, 0.15) is 0 Å². The van der Waals surface area contributed by atoms with Gasteiger partial charge in [-0.15, -0.1) is 11.3 Å². The smallest absolute Gasteiger partial charge is 0.135 e. The highest BCUT2D eigenvalue weighted by Crippen LogP contribution is 2.27. The molecule has 0 aliphatic heterocycles. The second-order valence-corrected chi connectivity index (χ2v) is 4.49. The summed E-state index contributed by atoms with van der Waals surface area (Å²) < 4.78 is 2.00. The Bertz CT molecular complexity index is 653. The molecule has 0 unspecified atom stereocenters. The lowest BCUT2D eigenvalue weighted by atomic mass is 10.2. The van der Waals surface area contributed by atoms with Crippen LogP contribution in [-0.4, -0.2) is 14.5 Å². The van der Waals surface area contributed by atoms with Crippen LogP contribution in [0, 0.1) is 0 Å². The van der Waals surface area contributed by atoms with Crippen molar-refractivity contribution < 1.29 is 0 Å². The molecule has 0 saturated carbocycles. The lowest BCUT2D eigenvalue weighted by Gasteiger charge is -1.97. The van der Waals surface area contributed by atoms with E-state index in [4.69, 9.17) is 5.73 Å². The lowest BCUT2D eigenvalue weighted by molar-refractivity contribution is 0.948. The number of aromatic nitrogens is 3. The van der Waals surface area contributed by atoms with E-state index in [1.54, 1.807) is 11.3 Å². The number of hydrogen-bond acceptors (Lipinski definition) is 4. The molecule has 0 aliphatic carbocycles. The van der Waals surface area contributed by atoms with Crippen molar-refractivity contribution in [1.82, 2.24) is 14.5 Å². The molecule has 80 valence electrons. The number of nitrogen functional groups attached to an aromatic ring is 1. The first-order valence-electron chi connectivity index (χ1n) is 4.86. The zero-order valence-corrected chi connectivity index (χ0v) is 9.53. The predicted molar refractivity (Wildman–Crippen MR) is 66.2 cm³/mol. The number of anilines is 1. The Kier molecular flexibility index (Phi) is 1.94. The van der Waals surface area contributed by atoms with Gasteiger partial charge in [0.15, 0.2) is 0 Å². The molecular weight excluding hydrogens is 220 g/mol. The molecule has 5 heteroatoms. The Balaban J connectivity index is 2.18. The van der Waals surface area contributed by atoms with Gasteiger partial charge in [0, 0.05) is 18.0 Å². The van der Waals surface area contributed by atoms with Gasteiger partial charge in [-0.3, -0.25) is 0 Å². The molecule has 3 aromatic rings. The van der Waals surface area contributed by atoms with Crippen LogP contribution in [0.25, 0.3) is 21.6 Å². The molecule has 3 rings (SSSR count). The van der Waals surface area contributed by atoms with Gasteiger partial charge < -0.3 is 10.3 Å². The Labute approximate surface area is 96.4 Å². The topological polar surface area (TPSA) is 56.7 Å². The van der Waals surface area contributed by atoms with Gasteiger partial charge in [-0.2, -0.15) is 0 Å². The fraction of sp³-hybridized carbons (Fsp3) is 0.0909. The van der Waals surface area contributed by atoms with Crippen molar-refractivity contribution in [2.24, 2.45) is 7.05 Å². The molecule has 0 fully saturated rings. The quantitative estimate of drug-likeness (QED) is 0.697. The van der Waals surface area contributed by atoms with E-state index < -0.39 is 0 Å². The van der Waals surface area contributed by atoms with Gasteiger partial charge in [0.05, 0.1) is 17.4 Å². The molecule has 0 spiro atoms. The molecule has 0 atom stereocenters. The van der Waals surface area contributed by atoms with Gasteiger partial charge in [0.2, 0.25) is 0 Å². The van der Waals surface area contributed by atoms with E-state index in [9.17, 15) is 0 Å². The van der Waals surface area contributed by atoms with E-state index in [1.807, 2.05) is 35.5 Å². The second kappa shape index (κ2) is 3.31. The Hall–Kier alpha value is -1.88. The molecule has 2 heterocycles. The monoisotopic (exact) mass is 230 g/mol. The Morgan fingerprint density at radius 1 is 1.38 bits per heavy atom. The zero-order valence-electron chi connectivity index (χ0n) is 8.71. The maximum absolute atomic E-state index is 5.61. The fourth-order valence-corrected chi connectivity index (χ4v) is 2.39. The van der Waals surface area contributed by atoms with Crippen molar-refractivity contribution in [2.75, 3.05) is 5.73 Å². The van der Waals surface area contributed by atoms with Crippen LogP contribution in [0.5, 0.6) is 0 Å². The van der Waals surface area contributed by atoms with Gasteiger partial charge in [-0.25, -0.2) is 9.97 Å². The molecule has 0 radical (unpaired) electrons. The number of aryl methyl sites for hydroxylation is 1. The van der Waals surface area contributed by atoms with Crippen molar-refractivity contribution in [3.8, 4) is 10.6 Å². The van der Waals surface area contributed by atoms with Gasteiger partial charge in [0.25, 0.3) is 0 Å². The van der Waals surface area contributed by atoms with E-state index in [-0.39, 0.29) is 0 Å². The summed E-state index contributed by atoms with van der Waals surface area (Å²) in [5.74, 6) is 0.570. The molecule has 1 aromatic carbocycles. The number of benzene rings is 1. The highest BCUT2D eigenvalue weighted by atomic mass is 32.1. The summed E-state index contributed by atoms with van der Waals surface area (Å²) >= 11 is 1.55. The van der Waals surface area contributed by atoms with E-state index in [2.05, 4.69) is 16.0 Å². The molecule has 0 amide bonds. The van der Waals surface area contributed by atoms with Gasteiger partial charge in [-0.1, -0.05) is 0 Å². The Morgan fingerprint density at radius 2 is 2.25 bits per heavy atom. The predicted octanol–water partition coefficient (Wildman–Crippen LogP) is 2.28. The summed E-state index contributed by atoms with van der Waals surface area (Å²) in [6, 6.07) is 6.13. The highest BCUT2D eigenvalue weighted by Gasteiger charge is 2.05. The van der Waals surface area contributed by atoms with Crippen LogP contribution in [0.3, 0.4) is 0 Å². The van der Waals surface area contributed by atoms with Crippen LogP contribution in [0.4, 0.5) is 5.82 Å². The molecule has 16 heavy (non-hydrogen) atoms. The average Bonchev–Trinajstić information content (AvgIpc) is 2.86. The number of thiazole rings is 1. The van der Waals surface area contributed by atoms with Crippen LogP contribution in [0.2, 0.25) is 0 Å².